The molecule has 16 heteroatoms. The number of carbonyl (C=O) groups is 4. The number of ether oxygens (including phenoxy) is 1. The molecule has 10 nitrogen and oxygen atoms in total. The van der Waals surface area contributed by atoms with Gasteiger partial charge in [-0.1, -0.05) is 6.92 Å². The van der Waals surface area contributed by atoms with Crippen LogP contribution in [0.4, 0.5) is 36.8 Å². The lowest BCUT2D eigenvalue weighted by molar-refractivity contribution is -0.146. The predicted molar refractivity (Wildman–Crippen MR) is 132 cm³/mol. The minimum Gasteiger partial charge on any atom is -0.476 e. The van der Waals surface area contributed by atoms with Crippen molar-refractivity contribution < 1.29 is 55.4 Å². The van der Waals surface area contributed by atoms with Gasteiger partial charge < -0.3 is 29.9 Å². The van der Waals surface area contributed by atoms with Gasteiger partial charge >= 0.3 is 18.4 Å². The highest BCUT2D eigenvalue weighted by Crippen LogP contribution is 2.44. The maximum atomic E-state index is 14.2. The number of nitrogens with one attached hydrogen (secondary N) is 1. The summed E-state index contributed by atoms with van der Waals surface area (Å²) in [4.78, 5) is 51.8. The van der Waals surface area contributed by atoms with Gasteiger partial charge in [-0.15, -0.1) is 0 Å². The van der Waals surface area contributed by atoms with Crippen LogP contribution in [0.2, 0.25) is 0 Å². The first-order chi connectivity index (χ1) is 18.9. The number of carbonyl (C=O) groups excluding carboxylic acids is 3. The van der Waals surface area contributed by atoms with Crippen LogP contribution in [-0.2, 0) is 15.8 Å². The number of rotatable bonds is 7. The van der Waals surface area contributed by atoms with Crippen LogP contribution in [0.15, 0.2) is 12.1 Å². The maximum Gasteiger partial charge on any atom is 0.417 e. The third-order valence-corrected chi connectivity index (χ3v) is 6.75. The summed E-state index contributed by atoms with van der Waals surface area (Å²) in [5.41, 5.74) is -4.67. The summed E-state index contributed by atoms with van der Waals surface area (Å²) in [7, 11) is 0. The number of nitrogens with zero attached hydrogens (tertiary/aromatic N) is 3. The fraction of sp³-hybridized carbons (Fsp3) is 0.600. The van der Waals surface area contributed by atoms with Gasteiger partial charge in [-0.3, -0.25) is 14.4 Å². The van der Waals surface area contributed by atoms with Gasteiger partial charge in [0.15, 0.2) is 5.60 Å². The molecule has 1 saturated heterocycles. The zero-order chi connectivity index (χ0) is 30.9. The Bertz CT molecular complexity index is 1200. The number of amides is 4. The van der Waals surface area contributed by atoms with Gasteiger partial charge in [0.05, 0.1) is 22.9 Å². The van der Waals surface area contributed by atoms with E-state index in [2.05, 4.69) is 5.32 Å². The van der Waals surface area contributed by atoms with E-state index in [0.717, 1.165) is 9.80 Å². The monoisotopic (exact) mass is 596 g/mol. The molecule has 1 aromatic rings. The molecule has 228 valence electrons. The Morgan fingerprint density at radius 3 is 2.39 bits per heavy atom. The fourth-order valence-electron chi connectivity index (χ4n) is 4.78. The molecule has 1 aromatic carbocycles. The molecule has 1 atom stereocenters. The van der Waals surface area contributed by atoms with E-state index < -0.39 is 71.9 Å². The SMILES string of the molecule is CCC(=O)NCCN1C(=O)C(C)(C)Oc2cc(C(F)(F)F)c(C(=O)N(CC(F)(F)F)[C@@H]3CCCN(C(=O)O)C3)cc21. The molecule has 0 aliphatic carbocycles. The van der Waals surface area contributed by atoms with Gasteiger partial charge in [0.1, 0.15) is 12.3 Å². The topological polar surface area (TPSA) is 119 Å². The largest absolute Gasteiger partial charge is 0.476 e. The van der Waals surface area contributed by atoms with Crippen molar-refractivity contribution in [2.45, 2.75) is 64.0 Å². The average molecular weight is 597 g/mol. The summed E-state index contributed by atoms with van der Waals surface area (Å²) < 4.78 is 88.9. The van der Waals surface area contributed by atoms with Crippen molar-refractivity contribution in [1.29, 1.82) is 0 Å². The highest BCUT2D eigenvalue weighted by molar-refractivity contribution is 6.05. The number of hydrogen-bond acceptors (Lipinski definition) is 5. The van der Waals surface area contributed by atoms with Crippen LogP contribution < -0.4 is 15.0 Å². The maximum absolute atomic E-state index is 14.2. The summed E-state index contributed by atoms with van der Waals surface area (Å²) in [6, 6.07) is -0.232. The molecule has 41 heavy (non-hydrogen) atoms. The van der Waals surface area contributed by atoms with Crippen molar-refractivity contribution in [3.05, 3.63) is 23.3 Å². The normalized spacial score (nSPS) is 18.9. The first-order valence-corrected chi connectivity index (χ1v) is 12.7. The molecular weight excluding hydrogens is 566 g/mol. The van der Waals surface area contributed by atoms with Gasteiger partial charge in [-0.05, 0) is 38.8 Å². The Kier molecular flexibility index (Phi) is 9.03. The third-order valence-electron chi connectivity index (χ3n) is 6.75. The van der Waals surface area contributed by atoms with E-state index in [-0.39, 0.29) is 55.4 Å². The second-order valence-corrected chi connectivity index (χ2v) is 10.2. The van der Waals surface area contributed by atoms with Gasteiger partial charge in [-0.2, -0.15) is 26.3 Å². The minimum atomic E-state index is -5.21. The molecule has 0 bridgehead atoms. The standard InChI is InChI=1S/C25H30F6N4O6/c1-4-19(36)32-7-9-34-17-10-15(16(25(29,30)31)11-18(17)41-23(2,3)21(34)38)20(37)35(13-24(26,27)28)14-6-5-8-33(12-14)22(39)40/h10-11,14H,4-9,12-13H2,1-3H3,(H,32,36)(H,39,40)/t14-/m1/s1. The summed E-state index contributed by atoms with van der Waals surface area (Å²) in [5.74, 6) is -3.15. The third kappa shape index (κ3) is 7.33. The Labute approximate surface area is 231 Å². The number of hydrogen-bond donors (Lipinski definition) is 2. The minimum absolute atomic E-state index is 0.00864. The quantitative estimate of drug-likeness (QED) is 0.462. The van der Waals surface area contributed by atoms with Crippen LogP contribution in [-0.4, -0.2) is 89.3 Å². The second kappa shape index (κ2) is 11.6. The summed E-state index contributed by atoms with van der Waals surface area (Å²) in [6.45, 7) is 1.41. The van der Waals surface area contributed by atoms with Gasteiger partial charge in [0, 0.05) is 32.6 Å². The lowest BCUT2D eigenvalue weighted by Gasteiger charge is -2.40. The van der Waals surface area contributed by atoms with Crippen LogP contribution in [0.1, 0.15) is 56.0 Å². The number of halogens is 6. The molecule has 0 aromatic heterocycles. The van der Waals surface area contributed by atoms with Crippen molar-refractivity contribution in [1.82, 2.24) is 15.1 Å². The first-order valence-electron chi connectivity index (χ1n) is 12.7. The highest BCUT2D eigenvalue weighted by atomic mass is 19.4. The Hall–Kier alpha value is -3.72. The van der Waals surface area contributed by atoms with Crippen molar-refractivity contribution in [2.24, 2.45) is 0 Å². The molecule has 1 fully saturated rings. The number of likely N-dealkylation sites (tertiary alicyclic amines) is 1. The van der Waals surface area contributed by atoms with E-state index in [0.29, 0.717) is 12.1 Å². The fourth-order valence-corrected chi connectivity index (χ4v) is 4.78. The Balaban J connectivity index is 2.13. The summed E-state index contributed by atoms with van der Waals surface area (Å²) in [5, 5.41) is 11.8. The van der Waals surface area contributed by atoms with Crippen LogP contribution in [0, 0.1) is 0 Å². The van der Waals surface area contributed by atoms with E-state index in [1.165, 1.54) is 13.8 Å². The molecular formula is C25H30F6N4O6. The number of anilines is 1. The van der Waals surface area contributed by atoms with Crippen LogP contribution in [0.3, 0.4) is 0 Å². The summed E-state index contributed by atoms with van der Waals surface area (Å²) >= 11 is 0. The van der Waals surface area contributed by atoms with Crippen molar-refractivity contribution >= 4 is 29.5 Å². The van der Waals surface area contributed by atoms with E-state index in [1.54, 1.807) is 6.92 Å². The van der Waals surface area contributed by atoms with Crippen molar-refractivity contribution in [3.63, 3.8) is 0 Å². The zero-order valence-electron chi connectivity index (χ0n) is 22.5. The lowest BCUT2D eigenvalue weighted by Crippen LogP contribution is -2.55. The van der Waals surface area contributed by atoms with Crippen LogP contribution >= 0.6 is 0 Å². The average Bonchev–Trinajstić information content (AvgIpc) is 2.87. The molecule has 4 amide bonds. The molecule has 0 unspecified atom stereocenters. The summed E-state index contributed by atoms with van der Waals surface area (Å²) in [6.07, 6.45) is -11.5. The van der Waals surface area contributed by atoms with Gasteiger partial charge in [0.25, 0.3) is 11.8 Å². The number of fused-ring (bicyclic) bond motifs is 1. The Morgan fingerprint density at radius 1 is 1.17 bits per heavy atom. The number of benzene rings is 1. The van der Waals surface area contributed by atoms with E-state index in [1.807, 2.05) is 0 Å². The second-order valence-electron chi connectivity index (χ2n) is 10.2. The number of carboxylic acid groups (broad SMARTS) is 1. The number of alkyl halides is 6. The molecule has 2 aliphatic rings. The molecule has 2 aliphatic heterocycles. The first kappa shape index (κ1) is 31.8. The highest BCUT2D eigenvalue weighted by Gasteiger charge is 2.46. The molecule has 2 heterocycles. The van der Waals surface area contributed by atoms with E-state index in [9.17, 15) is 50.6 Å². The van der Waals surface area contributed by atoms with E-state index >= 15 is 0 Å². The smallest absolute Gasteiger partial charge is 0.417 e. The molecule has 0 spiro atoms. The zero-order valence-corrected chi connectivity index (χ0v) is 22.5. The molecule has 2 N–H and O–H groups in total. The van der Waals surface area contributed by atoms with Crippen LogP contribution in [0.25, 0.3) is 0 Å². The lowest BCUT2D eigenvalue weighted by atomic mass is 9.97. The van der Waals surface area contributed by atoms with Crippen molar-refractivity contribution in [3.8, 4) is 5.75 Å². The molecule has 3 rings (SSSR count). The van der Waals surface area contributed by atoms with Gasteiger partial charge in [-0.25, -0.2) is 4.79 Å². The number of piperidine rings is 1. The van der Waals surface area contributed by atoms with E-state index in [4.69, 9.17) is 4.74 Å². The molecule has 0 radical (unpaired) electrons. The van der Waals surface area contributed by atoms with Crippen molar-refractivity contribution in [2.75, 3.05) is 37.6 Å². The molecule has 0 saturated carbocycles. The predicted octanol–water partition coefficient (Wildman–Crippen LogP) is 3.88. The Morgan fingerprint density at radius 2 is 1.83 bits per heavy atom. The van der Waals surface area contributed by atoms with Crippen LogP contribution in [0.5, 0.6) is 5.75 Å². The van der Waals surface area contributed by atoms with Gasteiger partial charge in [0.2, 0.25) is 5.91 Å².